The standard InChI is InChI=1S/C23H26FN7O2/c1-13-9-16-18(29-23(2)5-6-23)27-19(28-21(16)33-13)22(32)31-8-4-15-17(11-31)25-12-26-20(15)30-7-3-14(24)10-30/h9,12,14H,3-8,10-11H2,1-2H3,(H,27,28,29)/t14-/m1/s1. The highest BCUT2D eigenvalue weighted by molar-refractivity contribution is 5.95. The molecular formula is C23H26FN7O2. The molecule has 0 spiro atoms. The Hall–Kier alpha value is -3.30. The van der Waals surface area contributed by atoms with Crippen LogP contribution in [0.5, 0.6) is 0 Å². The summed E-state index contributed by atoms with van der Waals surface area (Å²) in [5, 5.41) is 4.25. The van der Waals surface area contributed by atoms with Gasteiger partial charge >= 0.3 is 0 Å². The van der Waals surface area contributed by atoms with Crippen molar-refractivity contribution in [2.24, 2.45) is 0 Å². The van der Waals surface area contributed by atoms with Gasteiger partial charge in [-0.25, -0.2) is 19.3 Å². The third kappa shape index (κ3) is 3.67. The van der Waals surface area contributed by atoms with Crippen LogP contribution >= 0.6 is 0 Å². The fourth-order valence-corrected chi connectivity index (χ4v) is 4.67. The molecule has 172 valence electrons. The molecule has 33 heavy (non-hydrogen) atoms. The second kappa shape index (κ2) is 7.36. The summed E-state index contributed by atoms with van der Waals surface area (Å²) in [5.41, 5.74) is 2.20. The molecule has 1 amide bonds. The average molecular weight is 452 g/mol. The Labute approximate surface area is 190 Å². The van der Waals surface area contributed by atoms with Crippen LogP contribution in [0.1, 0.15) is 53.8 Å². The third-order valence-electron chi connectivity index (χ3n) is 6.83. The lowest BCUT2D eigenvalue weighted by Crippen LogP contribution is -2.38. The molecule has 1 N–H and O–H groups in total. The molecule has 2 fully saturated rings. The summed E-state index contributed by atoms with van der Waals surface area (Å²) in [6.07, 6.45) is 3.92. The lowest BCUT2D eigenvalue weighted by Gasteiger charge is -2.30. The zero-order valence-electron chi connectivity index (χ0n) is 18.8. The molecule has 3 aliphatic rings. The number of hydrogen-bond donors (Lipinski definition) is 1. The van der Waals surface area contributed by atoms with E-state index in [-0.39, 0.29) is 17.3 Å². The second-order valence-corrected chi connectivity index (χ2v) is 9.59. The van der Waals surface area contributed by atoms with Crippen molar-refractivity contribution < 1.29 is 13.6 Å². The Morgan fingerprint density at radius 3 is 2.88 bits per heavy atom. The van der Waals surface area contributed by atoms with Crippen LogP contribution < -0.4 is 10.2 Å². The molecule has 9 nitrogen and oxygen atoms in total. The van der Waals surface area contributed by atoms with Gasteiger partial charge in [0.2, 0.25) is 11.5 Å². The van der Waals surface area contributed by atoms with Crippen LogP contribution in [0.3, 0.4) is 0 Å². The maximum absolute atomic E-state index is 13.7. The van der Waals surface area contributed by atoms with Gasteiger partial charge in [-0.1, -0.05) is 0 Å². The number of nitrogens with one attached hydrogen (secondary N) is 1. The first kappa shape index (κ1) is 20.3. The SMILES string of the molecule is Cc1cc2c(NC3(C)CC3)nc(C(=O)N3CCc4c(ncnc4N4CC[C@@H](F)C4)C3)nc2o1. The summed E-state index contributed by atoms with van der Waals surface area (Å²) < 4.78 is 19.5. The van der Waals surface area contributed by atoms with Gasteiger partial charge in [0, 0.05) is 24.2 Å². The van der Waals surface area contributed by atoms with Crippen LogP contribution in [0.15, 0.2) is 16.8 Å². The zero-order valence-corrected chi connectivity index (χ0v) is 18.8. The highest BCUT2D eigenvalue weighted by atomic mass is 19.1. The Kier molecular flexibility index (Phi) is 4.53. The minimum absolute atomic E-state index is 0.00164. The Bertz CT molecular complexity index is 1260. The summed E-state index contributed by atoms with van der Waals surface area (Å²) in [7, 11) is 0. The lowest BCUT2D eigenvalue weighted by atomic mass is 10.0. The number of aromatic nitrogens is 4. The van der Waals surface area contributed by atoms with Gasteiger partial charge < -0.3 is 19.5 Å². The van der Waals surface area contributed by atoms with Crippen molar-refractivity contribution in [3.63, 3.8) is 0 Å². The molecule has 0 unspecified atom stereocenters. The number of aryl methyl sites for hydroxylation is 1. The molecule has 0 radical (unpaired) electrons. The molecule has 0 aromatic carbocycles. The Balaban J connectivity index is 1.29. The fourth-order valence-electron chi connectivity index (χ4n) is 4.67. The maximum atomic E-state index is 13.7. The van der Waals surface area contributed by atoms with Gasteiger partial charge in [-0.3, -0.25) is 4.79 Å². The average Bonchev–Trinajstić information content (AvgIpc) is 3.17. The zero-order chi connectivity index (χ0) is 22.7. The van der Waals surface area contributed by atoms with Gasteiger partial charge in [-0.2, -0.15) is 4.98 Å². The largest absolute Gasteiger partial charge is 0.443 e. The van der Waals surface area contributed by atoms with E-state index in [1.165, 1.54) is 6.33 Å². The van der Waals surface area contributed by atoms with E-state index in [0.717, 1.165) is 41.1 Å². The van der Waals surface area contributed by atoms with E-state index in [9.17, 15) is 9.18 Å². The third-order valence-corrected chi connectivity index (χ3v) is 6.83. The molecule has 2 aliphatic heterocycles. The van der Waals surface area contributed by atoms with Crippen LogP contribution in [0.4, 0.5) is 16.0 Å². The predicted molar refractivity (Wildman–Crippen MR) is 120 cm³/mol. The van der Waals surface area contributed by atoms with Gasteiger partial charge in [0.25, 0.3) is 5.91 Å². The Morgan fingerprint density at radius 1 is 1.27 bits per heavy atom. The van der Waals surface area contributed by atoms with E-state index in [0.29, 0.717) is 50.6 Å². The number of carbonyl (C=O) groups excluding carboxylic acids is 1. The molecule has 10 heteroatoms. The van der Waals surface area contributed by atoms with Crippen molar-refractivity contribution in [3.05, 3.63) is 35.2 Å². The number of fused-ring (bicyclic) bond motifs is 2. The van der Waals surface area contributed by atoms with Crippen molar-refractivity contribution >= 4 is 28.6 Å². The number of hydrogen-bond acceptors (Lipinski definition) is 8. The van der Waals surface area contributed by atoms with Crippen molar-refractivity contribution in [2.75, 3.05) is 29.9 Å². The normalized spacial score (nSPS) is 21.4. The molecular weight excluding hydrogens is 425 g/mol. The van der Waals surface area contributed by atoms with E-state index in [1.54, 1.807) is 4.90 Å². The molecule has 5 heterocycles. The first-order valence-electron chi connectivity index (χ1n) is 11.5. The topological polar surface area (TPSA) is 100 Å². The summed E-state index contributed by atoms with van der Waals surface area (Å²) in [5.74, 6) is 2.01. The van der Waals surface area contributed by atoms with Gasteiger partial charge in [-0.05, 0) is 45.6 Å². The maximum Gasteiger partial charge on any atom is 0.292 e. The van der Waals surface area contributed by atoms with E-state index in [1.807, 2.05) is 17.9 Å². The molecule has 1 saturated heterocycles. The highest BCUT2D eigenvalue weighted by Gasteiger charge is 2.38. The van der Waals surface area contributed by atoms with Crippen LogP contribution in [0.2, 0.25) is 0 Å². The minimum atomic E-state index is -0.824. The lowest BCUT2D eigenvalue weighted by molar-refractivity contribution is 0.0719. The van der Waals surface area contributed by atoms with E-state index >= 15 is 0 Å². The van der Waals surface area contributed by atoms with Gasteiger partial charge in [0.15, 0.2) is 0 Å². The molecule has 1 saturated carbocycles. The molecule has 1 atom stereocenters. The number of carbonyl (C=O) groups is 1. The number of rotatable bonds is 4. The smallest absolute Gasteiger partial charge is 0.292 e. The summed E-state index contributed by atoms with van der Waals surface area (Å²) in [6.45, 7) is 5.85. The fraction of sp³-hybridized carbons (Fsp3) is 0.522. The number of anilines is 2. The van der Waals surface area contributed by atoms with Crippen LogP contribution in [0.25, 0.3) is 11.1 Å². The predicted octanol–water partition coefficient (Wildman–Crippen LogP) is 3.03. The van der Waals surface area contributed by atoms with Crippen molar-refractivity contribution in [3.8, 4) is 0 Å². The minimum Gasteiger partial charge on any atom is -0.443 e. The number of amides is 1. The molecule has 1 aliphatic carbocycles. The van der Waals surface area contributed by atoms with Crippen LogP contribution in [0, 0.1) is 6.92 Å². The van der Waals surface area contributed by atoms with Crippen molar-refractivity contribution in [2.45, 2.75) is 57.8 Å². The quantitative estimate of drug-likeness (QED) is 0.646. The van der Waals surface area contributed by atoms with Gasteiger partial charge in [0.05, 0.1) is 24.2 Å². The summed E-state index contributed by atoms with van der Waals surface area (Å²) >= 11 is 0. The summed E-state index contributed by atoms with van der Waals surface area (Å²) in [6, 6.07) is 1.90. The summed E-state index contributed by atoms with van der Waals surface area (Å²) in [4.78, 5) is 35.0. The van der Waals surface area contributed by atoms with E-state index < -0.39 is 6.17 Å². The number of halogens is 1. The molecule has 3 aromatic heterocycles. The Morgan fingerprint density at radius 2 is 2.12 bits per heavy atom. The van der Waals surface area contributed by atoms with Crippen LogP contribution in [-0.4, -0.2) is 62.1 Å². The second-order valence-electron chi connectivity index (χ2n) is 9.59. The van der Waals surface area contributed by atoms with E-state index in [4.69, 9.17) is 4.42 Å². The highest BCUT2D eigenvalue weighted by Crippen LogP contribution is 2.39. The first-order valence-corrected chi connectivity index (χ1v) is 11.5. The van der Waals surface area contributed by atoms with E-state index in [2.05, 4.69) is 32.2 Å². The van der Waals surface area contributed by atoms with Gasteiger partial charge in [-0.15, -0.1) is 0 Å². The monoisotopic (exact) mass is 451 g/mol. The number of furan rings is 1. The molecule has 6 rings (SSSR count). The van der Waals surface area contributed by atoms with Crippen LogP contribution in [-0.2, 0) is 13.0 Å². The first-order chi connectivity index (χ1) is 15.9. The number of alkyl halides is 1. The molecule has 0 bridgehead atoms. The van der Waals surface area contributed by atoms with Crippen molar-refractivity contribution in [1.29, 1.82) is 0 Å². The molecule has 3 aromatic rings. The van der Waals surface area contributed by atoms with Gasteiger partial charge in [0.1, 0.15) is 29.9 Å². The number of nitrogens with zero attached hydrogens (tertiary/aromatic N) is 6. The van der Waals surface area contributed by atoms with Crippen molar-refractivity contribution in [1.82, 2.24) is 24.8 Å².